The first kappa shape index (κ1) is 96.2. The number of aromatic nitrogens is 6. The first-order chi connectivity index (χ1) is 49.9. The summed E-state index contributed by atoms with van der Waals surface area (Å²) in [6.45, 7) is 65.8. The van der Waals surface area contributed by atoms with Gasteiger partial charge in [-0.15, -0.1) is 51.4 Å². The van der Waals surface area contributed by atoms with E-state index in [9.17, 15) is 9.59 Å². The van der Waals surface area contributed by atoms with E-state index in [1.807, 2.05) is 96.4 Å². The van der Waals surface area contributed by atoms with Gasteiger partial charge in [0.15, 0.2) is 11.4 Å². The van der Waals surface area contributed by atoms with Gasteiger partial charge in [-0.3, -0.25) is 24.7 Å². The molecule has 0 atom stereocenters. The third kappa shape index (κ3) is 34.3. The van der Waals surface area contributed by atoms with Crippen LogP contribution in [0.4, 0.5) is 0 Å². The Labute approximate surface area is 655 Å². The van der Waals surface area contributed by atoms with E-state index in [0.717, 1.165) is 96.0 Å². The second kappa shape index (κ2) is 40.9. The number of aliphatic imine (C=N–C) groups is 3. The van der Waals surface area contributed by atoms with Crippen molar-refractivity contribution in [1.82, 2.24) is 40.3 Å². The van der Waals surface area contributed by atoms with Crippen molar-refractivity contribution in [3.05, 3.63) is 148 Å². The molecule has 10 heterocycles. The molecule has 2 amide bonds. The Morgan fingerprint density at radius 2 is 1.10 bits per heavy atom. The molecule has 17 heteroatoms. The number of hydrogen-bond acceptors (Lipinski definition) is 14. The van der Waals surface area contributed by atoms with E-state index in [1.54, 1.807) is 36.9 Å². The zero-order chi connectivity index (χ0) is 84.1. The summed E-state index contributed by atoms with van der Waals surface area (Å²) in [4.78, 5) is 46.8. The second-order valence-electron chi connectivity index (χ2n) is 35.9. The highest BCUT2D eigenvalue weighted by molar-refractivity contribution is 6.14. The molecule has 5 aliphatic heterocycles. The molecule has 1 N–H and O–H groups in total. The molecule has 5 aromatic rings. The minimum atomic E-state index is -0.0272. The summed E-state index contributed by atoms with van der Waals surface area (Å²) in [6.07, 6.45) is 61.5. The molecule has 582 valence electrons. The molecule has 0 unspecified atom stereocenters. The van der Waals surface area contributed by atoms with Gasteiger partial charge in [0.2, 0.25) is 11.8 Å². The first-order valence-corrected chi connectivity index (χ1v) is 36.3. The Balaban J connectivity index is 0.000000606. The summed E-state index contributed by atoms with van der Waals surface area (Å²) in [5, 5.41) is 14.2. The minimum Gasteiger partial charge on any atom is -0.438 e. The molecule has 109 heavy (non-hydrogen) atoms. The lowest BCUT2D eigenvalue weighted by molar-refractivity contribution is -0.131. The van der Waals surface area contributed by atoms with Crippen LogP contribution < -0.4 is 0 Å². The Morgan fingerprint density at radius 1 is 0.523 bits per heavy atom. The van der Waals surface area contributed by atoms with Crippen LogP contribution in [0.5, 0.6) is 0 Å². The van der Waals surface area contributed by atoms with Crippen molar-refractivity contribution in [1.29, 1.82) is 0 Å². The van der Waals surface area contributed by atoms with Crippen LogP contribution in [0.25, 0.3) is 0 Å². The van der Waals surface area contributed by atoms with Crippen molar-refractivity contribution in [3.63, 3.8) is 0 Å². The van der Waals surface area contributed by atoms with Crippen molar-refractivity contribution < 1.29 is 27.5 Å². The molecule has 5 aliphatic rings. The fourth-order valence-corrected chi connectivity index (χ4v) is 9.18. The molecule has 10 rings (SSSR count). The number of nitrogens with one attached hydrogen (secondary N) is 1. The summed E-state index contributed by atoms with van der Waals surface area (Å²) >= 11 is 0. The number of nitrogens with zero attached hydrogens (tertiary/aromatic N) is 10. The van der Waals surface area contributed by atoms with E-state index in [-0.39, 0.29) is 66.2 Å². The third-order valence-electron chi connectivity index (χ3n) is 15.9. The molecular formula is C92H123N11O6. The topological polar surface area (TPSA) is 210 Å². The van der Waals surface area contributed by atoms with E-state index in [1.165, 1.54) is 11.1 Å². The predicted octanol–water partition coefficient (Wildman–Crippen LogP) is 18.7. The van der Waals surface area contributed by atoms with Crippen LogP contribution in [-0.4, -0.2) is 106 Å². The Hall–Kier alpha value is -10.8. The summed E-state index contributed by atoms with van der Waals surface area (Å²) in [6, 6.07) is 3.69. The van der Waals surface area contributed by atoms with Gasteiger partial charge in [-0.2, -0.15) is 5.10 Å². The van der Waals surface area contributed by atoms with Gasteiger partial charge in [0, 0.05) is 81.1 Å². The zero-order valence-electron chi connectivity index (χ0n) is 71.2. The highest BCUT2D eigenvalue weighted by Gasteiger charge is 2.29. The van der Waals surface area contributed by atoms with Crippen molar-refractivity contribution in [2.24, 2.45) is 31.2 Å². The van der Waals surface area contributed by atoms with Gasteiger partial charge in [-0.1, -0.05) is 224 Å². The van der Waals surface area contributed by atoms with Crippen molar-refractivity contribution in [2.75, 3.05) is 26.2 Å². The fraction of sp³-hybridized carbons (Fsp3) is 0.500. The Morgan fingerprint density at radius 3 is 1.39 bits per heavy atom. The predicted molar refractivity (Wildman–Crippen MR) is 449 cm³/mol. The summed E-state index contributed by atoms with van der Waals surface area (Å²) in [5.41, 5.74) is 11.4. The maximum Gasteiger partial charge on any atom is 0.273 e. The van der Waals surface area contributed by atoms with E-state index in [4.69, 9.17) is 69.3 Å². The number of hydrogen-bond donors (Lipinski definition) is 1. The molecular weight excluding hydrogens is 1360 g/mol. The van der Waals surface area contributed by atoms with E-state index >= 15 is 0 Å². The molecule has 0 fully saturated rings. The maximum atomic E-state index is 11.3. The van der Waals surface area contributed by atoms with Crippen molar-refractivity contribution >= 4 is 28.9 Å². The molecule has 0 bridgehead atoms. The quantitative estimate of drug-likeness (QED) is 0.144. The number of aromatic amines is 1. The van der Waals surface area contributed by atoms with Crippen LogP contribution in [0.15, 0.2) is 123 Å². The van der Waals surface area contributed by atoms with E-state index in [2.05, 4.69) is 250 Å². The second-order valence-corrected chi connectivity index (χ2v) is 35.9. The van der Waals surface area contributed by atoms with Crippen LogP contribution in [-0.2, 0) is 36.7 Å². The minimum absolute atomic E-state index is 0.0118. The standard InChI is InChI=1S/3C10H13N.C9H12N2.C9H15NO.4C9H11NO.C8H13NO/c1-5-9-6-8(7-11-9)10(2,3)4;1-5-9-8(6-7-11-9)10(2,3)4;1-5-8-6-7-9(11-8)10(2,3)4;1-5-7-6-8(11-10-7)9(2,3)4;1-9(2,3)10-7-5-4-6-8(10)11;1-5-8-10-7(6-11-8)9(2,3)4;1-5-8-10-6-7(11-8)9(2,3)4;1-5-8-7(6-11-10-8)9(2,3)4;1-5-7-6-8(11-10-7)9(2,3)4;1-8(2,3)9-6-4-5-7(9)10/h2*1,6H,7H2,2-4H3;1,7H,6H2,2-4H3;1,6H,2-4H3,(H,10,11);4,6H,5,7H2,1-3H3;4*1,6H,2-4H3;4-5H,6H2,1-3H3. The molecule has 17 nitrogen and oxygen atoms in total. The largest absolute Gasteiger partial charge is 0.438 e. The number of carbonyl (C=O) groups is 2. The Bertz CT molecular complexity index is 4200. The van der Waals surface area contributed by atoms with E-state index < -0.39 is 0 Å². The van der Waals surface area contributed by atoms with Gasteiger partial charge in [0.05, 0.1) is 36.4 Å². The van der Waals surface area contributed by atoms with Crippen LogP contribution in [0, 0.1) is 115 Å². The smallest absolute Gasteiger partial charge is 0.273 e. The van der Waals surface area contributed by atoms with Crippen molar-refractivity contribution in [3.8, 4) is 98.8 Å². The number of terminal acetylenes is 8. The van der Waals surface area contributed by atoms with Crippen LogP contribution in [0.1, 0.15) is 278 Å². The van der Waals surface area contributed by atoms with Gasteiger partial charge in [0.1, 0.15) is 41.2 Å². The Kier molecular flexibility index (Phi) is 36.1. The van der Waals surface area contributed by atoms with Gasteiger partial charge in [-0.25, -0.2) is 15.0 Å². The first-order valence-electron chi connectivity index (χ1n) is 36.3. The number of carbonyl (C=O) groups excluding carboxylic acids is 2. The highest BCUT2D eigenvalue weighted by atomic mass is 16.5. The molecule has 0 saturated carbocycles. The molecule has 0 aliphatic carbocycles. The van der Waals surface area contributed by atoms with Crippen molar-refractivity contribution in [2.45, 2.75) is 259 Å². The van der Waals surface area contributed by atoms with Crippen LogP contribution in [0.2, 0.25) is 0 Å². The zero-order valence-corrected chi connectivity index (χ0v) is 71.2. The molecule has 0 radical (unpaired) electrons. The fourth-order valence-electron chi connectivity index (χ4n) is 9.18. The SMILES string of the molecule is C#CC1=NC(C(C)(C)C)=CC1.C#CC1=NCC(C(C)(C)C)=C1.C#CC1=NCC=C1C(C)(C)C.C#Cc1cc(C(C)(C)C)n[nH]1.C#Cc1cc(C(C)(C)C)on1.C#Cc1nc(C(C)(C)C)co1.C#Cc1ncc(C(C)(C)C)o1.C#Cc1nocc1C(C)(C)C.CC(C)(C)N1CC=CC1=O.CC(C)(C)N1CCC=CC1=O. The average Bonchev–Trinajstić information content (AvgIpc) is 1.32. The van der Waals surface area contributed by atoms with Gasteiger partial charge >= 0.3 is 0 Å². The molecule has 0 spiro atoms. The van der Waals surface area contributed by atoms with Gasteiger partial charge in [-0.05, 0) is 117 Å². The normalized spacial score (nSPS) is 14.5. The summed E-state index contributed by atoms with van der Waals surface area (Å²) in [7, 11) is 0. The summed E-state index contributed by atoms with van der Waals surface area (Å²) < 4.78 is 20.0. The highest BCUT2D eigenvalue weighted by Crippen LogP contribution is 2.32. The van der Waals surface area contributed by atoms with Crippen LogP contribution >= 0.6 is 0 Å². The van der Waals surface area contributed by atoms with Gasteiger partial charge < -0.3 is 27.7 Å². The lowest BCUT2D eigenvalue weighted by atomic mass is 9.84. The number of amides is 2. The maximum absolute atomic E-state index is 11.3. The number of rotatable bonds is 0. The average molecular weight is 1480 g/mol. The summed E-state index contributed by atoms with van der Waals surface area (Å²) in [5.74, 6) is 22.4. The number of H-pyrrole nitrogens is 1. The molecule has 0 aromatic carbocycles. The monoisotopic (exact) mass is 1480 g/mol. The molecule has 0 saturated heterocycles. The van der Waals surface area contributed by atoms with E-state index in [0.29, 0.717) is 23.2 Å². The number of allylic oxidation sites excluding steroid dienone is 4. The number of oxazole rings is 2. The lowest BCUT2D eigenvalue weighted by Crippen LogP contribution is -2.46. The van der Waals surface area contributed by atoms with Gasteiger partial charge in [0.25, 0.3) is 11.8 Å². The molecule has 5 aromatic heterocycles. The third-order valence-corrected chi connectivity index (χ3v) is 15.9. The lowest BCUT2D eigenvalue weighted by Gasteiger charge is -2.36. The van der Waals surface area contributed by atoms with Crippen LogP contribution in [0.3, 0.4) is 0 Å².